The number of benzene rings is 2. The third-order valence-electron chi connectivity index (χ3n) is 3.00. The Hall–Kier alpha value is -2.59. The monoisotopic (exact) mass is 330 g/mol. The number of ether oxygens (including phenoxy) is 1. The fourth-order valence-electron chi connectivity index (χ4n) is 1.85. The van der Waals surface area contributed by atoms with Crippen molar-refractivity contribution in [2.45, 2.75) is 6.42 Å². The molecule has 0 aromatic heterocycles. The van der Waals surface area contributed by atoms with Crippen LogP contribution in [0, 0.1) is 0 Å². The van der Waals surface area contributed by atoms with Crippen molar-refractivity contribution >= 4 is 29.4 Å². The normalized spacial score (nSPS) is 10.7. The molecule has 2 aromatic rings. The van der Waals surface area contributed by atoms with Crippen LogP contribution < -0.4 is 4.74 Å². The molecule has 0 heterocycles. The van der Waals surface area contributed by atoms with Crippen molar-refractivity contribution in [3.05, 3.63) is 70.8 Å². The summed E-state index contributed by atoms with van der Waals surface area (Å²) >= 11 is 5.79. The van der Waals surface area contributed by atoms with Crippen molar-refractivity contribution in [2.75, 3.05) is 6.61 Å². The Morgan fingerprint density at radius 1 is 1.13 bits per heavy atom. The minimum Gasteiger partial charge on any atom is -0.493 e. The fraction of sp³-hybridized carbons (Fsp3) is 0.111. The molecule has 4 nitrogen and oxygen atoms in total. The maximum atomic E-state index is 12.0. The van der Waals surface area contributed by atoms with Gasteiger partial charge in [-0.2, -0.15) is 0 Å². The van der Waals surface area contributed by atoms with Crippen molar-refractivity contribution in [3.63, 3.8) is 0 Å². The number of rotatable bonds is 7. The van der Waals surface area contributed by atoms with Gasteiger partial charge in [-0.1, -0.05) is 29.8 Å². The molecule has 0 saturated heterocycles. The molecule has 0 bridgehead atoms. The van der Waals surface area contributed by atoms with E-state index in [9.17, 15) is 9.59 Å². The van der Waals surface area contributed by atoms with E-state index in [1.54, 1.807) is 48.5 Å². The minimum absolute atomic E-state index is 0.0604. The number of aliphatic carboxylic acids is 1. The lowest BCUT2D eigenvalue weighted by molar-refractivity contribution is -0.137. The Labute approximate surface area is 139 Å². The lowest BCUT2D eigenvalue weighted by Crippen LogP contribution is -2.04. The van der Waals surface area contributed by atoms with Gasteiger partial charge in [-0.25, -0.2) is 0 Å². The maximum absolute atomic E-state index is 12.0. The number of halogens is 1. The zero-order chi connectivity index (χ0) is 16.7. The topological polar surface area (TPSA) is 63.6 Å². The minimum atomic E-state index is -0.908. The Balaban J connectivity index is 2.00. The second-order valence-corrected chi connectivity index (χ2v) is 5.21. The molecule has 2 aromatic carbocycles. The second kappa shape index (κ2) is 8.15. The van der Waals surface area contributed by atoms with Crippen molar-refractivity contribution in [1.82, 2.24) is 0 Å². The Kier molecular flexibility index (Phi) is 5.94. The van der Waals surface area contributed by atoms with Crippen LogP contribution in [0.3, 0.4) is 0 Å². The van der Waals surface area contributed by atoms with E-state index in [1.807, 2.05) is 6.07 Å². The van der Waals surface area contributed by atoms with E-state index in [0.29, 0.717) is 16.3 Å². The third kappa shape index (κ3) is 5.60. The Morgan fingerprint density at radius 3 is 2.57 bits per heavy atom. The van der Waals surface area contributed by atoms with E-state index in [0.717, 1.165) is 5.56 Å². The van der Waals surface area contributed by atoms with Crippen molar-refractivity contribution in [3.8, 4) is 5.75 Å². The van der Waals surface area contributed by atoms with Gasteiger partial charge in [0.25, 0.3) is 0 Å². The zero-order valence-corrected chi connectivity index (χ0v) is 13.0. The summed E-state index contributed by atoms with van der Waals surface area (Å²) in [4.78, 5) is 22.5. The van der Waals surface area contributed by atoms with Crippen LogP contribution in [0.15, 0.2) is 54.6 Å². The molecule has 0 unspecified atom stereocenters. The van der Waals surface area contributed by atoms with Crippen molar-refractivity contribution < 1.29 is 19.4 Å². The first kappa shape index (κ1) is 16.8. The molecule has 118 valence electrons. The summed E-state index contributed by atoms with van der Waals surface area (Å²) in [6.07, 6.45) is 3.09. The van der Waals surface area contributed by atoms with Gasteiger partial charge in [-0.3, -0.25) is 9.59 Å². The lowest BCUT2D eigenvalue weighted by Gasteiger charge is -2.05. The summed E-state index contributed by atoms with van der Waals surface area (Å²) in [5.41, 5.74) is 1.35. The molecule has 0 aliphatic carbocycles. The first-order chi connectivity index (χ1) is 11.0. The van der Waals surface area contributed by atoms with Gasteiger partial charge >= 0.3 is 5.97 Å². The quantitative estimate of drug-likeness (QED) is 0.613. The van der Waals surface area contributed by atoms with E-state index in [2.05, 4.69) is 0 Å². The van der Waals surface area contributed by atoms with Crippen LogP contribution in [0.4, 0.5) is 0 Å². The smallest absolute Gasteiger partial charge is 0.306 e. The fourth-order valence-corrected chi connectivity index (χ4v) is 1.97. The summed E-state index contributed by atoms with van der Waals surface area (Å²) in [6.45, 7) is 0.103. The van der Waals surface area contributed by atoms with Crippen LogP contribution in [-0.4, -0.2) is 23.5 Å². The second-order valence-electron chi connectivity index (χ2n) is 4.77. The third-order valence-corrected chi connectivity index (χ3v) is 3.25. The molecule has 2 rings (SSSR count). The van der Waals surface area contributed by atoms with Crippen LogP contribution in [0.2, 0.25) is 5.02 Å². The number of carbonyl (C=O) groups excluding carboxylic acids is 1. The van der Waals surface area contributed by atoms with Gasteiger partial charge in [0.15, 0.2) is 5.78 Å². The molecule has 23 heavy (non-hydrogen) atoms. The molecule has 0 spiro atoms. The molecular weight excluding hydrogens is 316 g/mol. The molecular formula is C18H15ClO4. The average molecular weight is 331 g/mol. The van der Waals surface area contributed by atoms with E-state index < -0.39 is 5.97 Å². The van der Waals surface area contributed by atoms with E-state index in [1.165, 1.54) is 6.08 Å². The highest BCUT2D eigenvalue weighted by atomic mass is 35.5. The van der Waals surface area contributed by atoms with E-state index in [4.69, 9.17) is 21.4 Å². The highest BCUT2D eigenvalue weighted by Gasteiger charge is 2.02. The molecule has 0 radical (unpaired) electrons. The van der Waals surface area contributed by atoms with Crippen molar-refractivity contribution in [1.29, 1.82) is 0 Å². The van der Waals surface area contributed by atoms with Crippen LogP contribution in [0.1, 0.15) is 22.3 Å². The maximum Gasteiger partial charge on any atom is 0.306 e. The molecule has 0 fully saturated rings. The molecule has 0 amide bonds. The van der Waals surface area contributed by atoms with Gasteiger partial charge in [0.1, 0.15) is 5.75 Å². The highest BCUT2D eigenvalue weighted by molar-refractivity contribution is 6.30. The summed E-state index contributed by atoms with van der Waals surface area (Å²) in [5.74, 6) is -0.471. The highest BCUT2D eigenvalue weighted by Crippen LogP contribution is 2.16. The number of hydrogen-bond acceptors (Lipinski definition) is 3. The first-order valence-corrected chi connectivity index (χ1v) is 7.35. The molecule has 0 aliphatic rings. The molecule has 5 heteroatoms. The number of allylic oxidation sites excluding steroid dienone is 1. The molecule has 0 aliphatic heterocycles. The lowest BCUT2D eigenvalue weighted by atomic mass is 10.1. The molecule has 0 saturated carbocycles. The summed E-state index contributed by atoms with van der Waals surface area (Å²) in [7, 11) is 0. The van der Waals surface area contributed by atoms with Crippen LogP contribution in [0.5, 0.6) is 5.75 Å². The summed E-state index contributed by atoms with van der Waals surface area (Å²) in [5, 5.41) is 9.16. The predicted octanol–water partition coefficient (Wildman–Crippen LogP) is 4.09. The van der Waals surface area contributed by atoms with E-state index in [-0.39, 0.29) is 18.8 Å². The average Bonchev–Trinajstić information content (AvgIpc) is 2.53. The Morgan fingerprint density at radius 2 is 1.87 bits per heavy atom. The number of carboxylic acid groups (broad SMARTS) is 1. The number of ketones is 1. The predicted molar refractivity (Wildman–Crippen MR) is 89.0 cm³/mol. The van der Waals surface area contributed by atoms with Gasteiger partial charge in [0, 0.05) is 10.6 Å². The first-order valence-electron chi connectivity index (χ1n) is 6.97. The molecule has 0 atom stereocenters. The zero-order valence-electron chi connectivity index (χ0n) is 12.2. The summed E-state index contributed by atoms with van der Waals surface area (Å²) < 4.78 is 5.35. The largest absolute Gasteiger partial charge is 0.493 e. The standard InChI is InChI=1S/C18H15ClO4/c19-15-7-5-14(6-8-15)17(20)9-4-13-2-1-3-16(12-13)23-11-10-18(21)22/h1-9,12H,10-11H2,(H,21,22). The summed E-state index contributed by atoms with van der Waals surface area (Å²) in [6, 6.07) is 13.8. The van der Waals surface area contributed by atoms with E-state index >= 15 is 0 Å². The number of carboxylic acids is 1. The van der Waals surface area contributed by atoms with Gasteiger partial charge in [-0.05, 0) is 48.0 Å². The molecule has 1 N–H and O–H groups in total. The van der Waals surface area contributed by atoms with Crippen LogP contribution in [0.25, 0.3) is 6.08 Å². The number of hydrogen-bond donors (Lipinski definition) is 1. The van der Waals surface area contributed by atoms with Crippen LogP contribution in [-0.2, 0) is 4.79 Å². The SMILES string of the molecule is O=C(O)CCOc1cccc(C=CC(=O)c2ccc(Cl)cc2)c1. The van der Waals surface area contributed by atoms with Gasteiger partial charge < -0.3 is 9.84 Å². The van der Waals surface area contributed by atoms with Crippen molar-refractivity contribution in [2.24, 2.45) is 0 Å². The van der Waals surface area contributed by atoms with Crippen LogP contribution >= 0.6 is 11.6 Å². The Bertz CT molecular complexity index is 720. The van der Waals surface area contributed by atoms with Gasteiger partial charge in [-0.15, -0.1) is 0 Å². The number of carbonyl (C=O) groups is 2. The van der Waals surface area contributed by atoms with Gasteiger partial charge in [0.05, 0.1) is 13.0 Å². The van der Waals surface area contributed by atoms with Gasteiger partial charge in [0.2, 0.25) is 0 Å².